The average molecular weight is 494 g/mol. The van der Waals surface area contributed by atoms with Crippen molar-refractivity contribution < 1.29 is 19.0 Å². The highest BCUT2D eigenvalue weighted by atomic mass is 127. The van der Waals surface area contributed by atoms with Gasteiger partial charge in [0.15, 0.2) is 5.96 Å². The first-order chi connectivity index (χ1) is 12.4. The summed E-state index contributed by atoms with van der Waals surface area (Å²) in [5, 5.41) is 6.44. The van der Waals surface area contributed by atoms with Crippen LogP contribution in [0.2, 0.25) is 0 Å². The smallest absolute Gasteiger partial charge is 0.243 e. The third-order valence-electron chi connectivity index (χ3n) is 3.73. The van der Waals surface area contributed by atoms with Crippen molar-refractivity contribution in [3.8, 4) is 11.5 Å². The quantitative estimate of drug-likeness (QED) is 0.235. The number of guanidine groups is 1. The Morgan fingerprint density at radius 3 is 2.48 bits per heavy atom. The van der Waals surface area contributed by atoms with Gasteiger partial charge in [-0.2, -0.15) is 0 Å². The standard InChI is InChI=1S/C18H30N4O4.HI/c1-13(15-11-14(25-5)7-8-16(15)26-6)21-18(19-9-10-24-4)20-12-17(23)22(2)3;/h7-8,11,13H,9-10,12H2,1-6H3,(H2,19,20,21);1H. The van der Waals surface area contributed by atoms with Crippen LogP contribution in [0, 0.1) is 0 Å². The first-order valence-electron chi connectivity index (χ1n) is 8.38. The number of halogens is 1. The van der Waals surface area contributed by atoms with Gasteiger partial charge < -0.3 is 29.7 Å². The molecule has 0 bridgehead atoms. The number of methoxy groups -OCH3 is 3. The number of rotatable bonds is 9. The first kappa shape index (κ1) is 25.2. The fourth-order valence-corrected chi connectivity index (χ4v) is 2.17. The van der Waals surface area contributed by atoms with Gasteiger partial charge in [-0.15, -0.1) is 24.0 Å². The normalized spacial score (nSPS) is 11.9. The van der Waals surface area contributed by atoms with Crippen molar-refractivity contribution >= 4 is 35.8 Å². The Morgan fingerprint density at radius 2 is 1.93 bits per heavy atom. The topological polar surface area (TPSA) is 84.4 Å². The highest BCUT2D eigenvalue weighted by Crippen LogP contribution is 2.29. The van der Waals surface area contributed by atoms with Crippen LogP contribution in [0.1, 0.15) is 18.5 Å². The summed E-state index contributed by atoms with van der Waals surface area (Å²) in [6, 6.07) is 5.49. The van der Waals surface area contributed by atoms with E-state index in [2.05, 4.69) is 15.6 Å². The third-order valence-corrected chi connectivity index (χ3v) is 3.73. The summed E-state index contributed by atoms with van der Waals surface area (Å²) in [6.45, 7) is 3.13. The van der Waals surface area contributed by atoms with Gasteiger partial charge in [0.1, 0.15) is 18.0 Å². The summed E-state index contributed by atoms with van der Waals surface area (Å²) < 4.78 is 15.8. The number of likely N-dealkylation sites (N-methyl/N-ethyl adjacent to an activating group) is 1. The van der Waals surface area contributed by atoms with Gasteiger partial charge in [0.25, 0.3) is 0 Å². The Balaban J connectivity index is 0.00000676. The molecule has 0 heterocycles. The molecule has 1 aromatic carbocycles. The third kappa shape index (κ3) is 8.65. The summed E-state index contributed by atoms with van der Waals surface area (Å²) in [7, 11) is 8.28. The summed E-state index contributed by atoms with van der Waals surface area (Å²) in [4.78, 5) is 17.7. The first-order valence-corrected chi connectivity index (χ1v) is 8.38. The van der Waals surface area contributed by atoms with E-state index in [4.69, 9.17) is 14.2 Å². The van der Waals surface area contributed by atoms with E-state index in [0.29, 0.717) is 19.1 Å². The van der Waals surface area contributed by atoms with Crippen molar-refractivity contribution in [2.75, 3.05) is 55.1 Å². The molecule has 0 radical (unpaired) electrons. The van der Waals surface area contributed by atoms with Crippen LogP contribution in [0.4, 0.5) is 0 Å². The van der Waals surface area contributed by atoms with Gasteiger partial charge in [0.05, 0.1) is 26.9 Å². The summed E-state index contributed by atoms with van der Waals surface area (Å²) in [5.74, 6) is 1.92. The molecule has 1 rings (SSSR count). The minimum absolute atomic E-state index is 0. The molecule has 9 heteroatoms. The zero-order valence-corrected chi connectivity index (χ0v) is 19.2. The van der Waals surface area contributed by atoms with Crippen LogP contribution in [-0.2, 0) is 9.53 Å². The molecule has 0 aliphatic carbocycles. The maximum atomic E-state index is 11.8. The summed E-state index contributed by atoms with van der Waals surface area (Å²) >= 11 is 0. The maximum absolute atomic E-state index is 11.8. The minimum atomic E-state index is -0.122. The van der Waals surface area contributed by atoms with Gasteiger partial charge in [-0.3, -0.25) is 4.79 Å². The number of ether oxygens (including phenoxy) is 3. The number of hydrogen-bond acceptors (Lipinski definition) is 5. The highest BCUT2D eigenvalue weighted by Gasteiger charge is 2.15. The largest absolute Gasteiger partial charge is 0.497 e. The van der Waals surface area contributed by atoms with Crippen LogP contribution < -0.4 is 20.1 Å². The average Bonchev–Trinajstić information content (AvgIpc) is 2.64. The molecule has 0 aliphatic heterocycles. The van der Waals surface area contributed by atoms with Crippen molar-refractivity contribution in [1.82, 2.24) is 15.5 Å². The summed E-state index contributed by atoms with van der Waals surface area (Å²) in [6.07, 6.45) is 0. The maximum Gasteiger partial charge on any atom is 0.243 e. The number of amides is 1. The van der Waals surface area contributed by atoms with Gasteiger partial charge >= 0.3 is 0 Å². The van der Waals surface area contributed by atoms with Gasteiger partial charge in [-0.05, 0) is 25.1 Å². The van der Waals surface area contributed by atoms with Crippen LogP contribution in [-0.4, -0.2) is 71.9 Å². The number of carbonyl (C=O) groups excluding carboxylic acids is 1. The lowest BCUT2D eigenvalue weighted by Gasteiger charge is -2.21. The highest BCUT2D eigenvalue weighted by molar-refractivity contribution is 14.0. The number of nitrogens with one attached hydrogen (secondary N) is 2. The van der Waals surface area contributed by atoms with E-state index in [1.807, 2.05) is 25.1 Å². The second-order valence-electron chi connectivity index (χ2n) is 5.85. The molecule has 154 valence electrons. The summed E-state index contributed by atoms with van der Waals surface area (Å²) in [5.41, 5.74) is 0.923. The zero-order chi connectivity index (χ0) is 19.5. The van der Waals surface area contributed by atoms with Crippen LogP contribution in [0.25, 0.3) is 0 Å². The number of nitrogens with zero attached hydrogens (tertiary/aromatic N) is 2. The molecule has 0 fully saturated rings. The lowest BCUT2D eigenvalue weighted by atomic mass is 10.1. The Morgan fingerprint density at radius 1 is 1.22 bits per heavy atom. The molecular formula is C18H31IN4O4. The molecule has 0 aliphatic rings. The number of carbonyl (C=O) groups is 1. The van der Waals surface area contributed by atoms with Crippen molar-refractivity contribution in [1.29, 1.82) is 0 Å². The molecule has 1 aromatic rings. The SMILES string of the molecule is COCCNC(=NCC(=O)N(C)C)NC(C)c1cc(OC)ccc1OC.I. The Kier molecular flexibility index (Phi) is 12.6. The predicted octanol–water partition coefficient (Wildman–Crippen LogP) is 1.65. The fourth-order valence-electron chi connectivity index (χ4n) is 2.17. The molecular weight excluding hydrogens is 463 g/mol. The van der Waals surface area contributed by atoms with E-state index in [-0.39, 0.29) is 42.5 Å². The van der Waals surface area contributed by atoms with Crippen LogP contribution in [0.5, 0.6) is 11.5 Å². The lowest BCUT2D eigenvalue weighted by molar-refractivity contribution is -0.127. The molecule has 0 saturated carbocycles. The number of benzene rings is 1. The molecule has 1 unspecified atom stereocenters. The van der Waals surface area contributed by atoms with Crippen molar-refractivity contribution in [2.45, 2.75) is 13.0 Å². The lowest BCUT2D eigenvalue weighted by Crippen LogP contribution is -2.41. The zero-order valence-electron chi connectivity index (χ0n) is 16.9. The van der Waals surface area contributed by atoms with E-state index < -0.39 is 0 Å². The van der Waals surface area contributed by atoms with Gasteiger partial charge in [0.2, 0.25) is 5.91 Å². The van der Waals surface area contributed by atoms with Crippen LogP contribution >= 0.6 is 24.0 Å². The second kappa shape index (κ2) is 13.4. The van der Waals surface area contributed by atoms with E-state index in [1.165, 1.54) is 4.90 Å². The van der Waals surface area contributed by atoms with Crippen LogP contribution in [0.15, 0.2) is 23.2 Å². The monoisotopic (exact) mass is 494 g/mol. The van der Waals surface area contributed by atoms with Crippen molar-refractivity contribution in [2.24, 2.45) is 4.99 Å². The van der Waals surface area contributed by atoms with E-state index in [1.54, 1.807) is 35.4 Å². The Hall–Kier alpha value is -1.75. The molecule has 8 nitrogen and oxygen atoms in total. The van der Waals surface area contributed by atoms with Gasteiger partial charge in [-0.25, -0.2) is 4.99 Å². The molecule has 1 amide bonds. The van der Waals surface area contributed by atoms with E-state index in [0.717, 1.165) is 17.1 Å². The molecule has 2 N–H and O–H groups in total. The molecule has 1 atom stereocenters. The van der Waals surface area contributed by atoms with Crippen molar-refractivity contribution in [3.05, 3.63) is 23.8 Å². The number of aliphatic imine (C=N–C) groups is 1. The van der Waals surface area contributed by atoms with E-state index in [9.17, 15) is 4.79 Å². The molecule has 27 heavy (non-hydrogen) atoms. The van der Waals surface area contributed by atoms with Gasteiger partial charge in [-0.1, -0.05) is 0 Å². The molecule has 0 spiro atoms. The van der Waals surface area contributed by atoms with E-state index >= 15 is 0 Å². The molecule has 0 aromatic heterocycles. The predicted molar refractivity (Wildman–Crippen MR) is 117 cm³/mol. The molecule has 0 saturated heterocycles. The van der Waals surface area contributed by atoms with Crippen LogP contribution in [0.3, 0.4) is 0 Å². The Labute approximate surface area is 178 Å². The Bertz CT molecular complexity index is 611. The van der Waals surface area contributed by atoms with Crippen molar-refractivity contribution in [3.63, 3.8) is 0 Å². The minimum Gasteiger partial charge on any atom is -0.497 e. The van der Waals surface area contributed by atoms with Gasteiger partial charge in [0, 0.05) is 33.3 Å². The number of hydrogen-bond donors (Lipinski definition) is 2. The fraction of sp³-hybridized carbons (Fsp3) is 0.556. The second-order valence-corrected chi connectivity index (χ2v) is 5.85.